The molecule has 0 aliphatic carbocycles. The summed E-state index contributed by atoms with van der Waals surface area (Å²) in [5.74, 6) is 1.28. The van der Waals surface area contributed by atoms with Gasteiger partial charge in [-0.05, 0) is 31.4 Å². The second-order valence-electron chi connectivity index (χ2n) is 7.56. The van der Waals surface area contributed by atoms with Gasteiger partial charge in [0.2, 0.25) is 5.91 Å². The van der Waals surface area contributed by atoms with Crippen LogP contribution in [0.25, 0.3) is 16.6 Å². The number of aromatic nitrogens is 3. The van der Waals surface area contributed by atoms with Crippen LogP contribution in [0, 0.1) is 13.8 Å². The van der Waals surface area contributed by atoms with Gasteiger partial charge < -0.3 is 9.73 Å². The Balaban J connectivity index is 1.72. The summed E-state index contributed by atoms with van der Waals surface area (Å²) < 4.78 is 8.87. The van der Waals surface area contributed by atoms with Gasteiger partial charge in [0.15, 0.2) is 5.58 Å². The molecule has 7 heteroatoms. The summed E-state index contributed by atoms with van der Waals surface area (Å²) in [6.45, 7) is 8.16. The summed E-state index contributed by atoms with van der Waals surface area (Å²) in [5, 5.41) is 7.55. The molecule has 0 radical (unpaired) electrons. The Bertz CT molecular complexity index is 1300. The van der Waals surface area contributed by atoms with Gasteiger partial charge in [0.05, 0.1) is 5.52 Å². The van der Waals surface area contributed by atoms with Crippen molar-refractivity contribution in [3.63, 3.8) is 0 Å². The van der Waals surface area contributed by atoms with Crippen molar-refractivity contribution >= 4 is 22.5 Å². The van der Waals surface area contributed by atoms with Crippen molar-refractivity contribution in [2.75, 3.05) is 0 Å². The van der Waals surface area contributed by atoms with E-state index in [2.05, 4.69) is 10.4 Å². The fourth-order valence-electron chi connectivity index (χ4n) is 3.90. The number of carbonyl (C=O) groups excluding carboxylic acids is 1. The van der Waals surface area contributed by atoms with E-state index in [0.29, 0.717) is 36.3 Å². The number of nitrogens with zero attached hydrogens (tertiary/aromatic N) is 3. The van der Waals surface area contributed by atoms with Gasteiger partial charge in [-0.3, -0.25) is 14.0 Å². The van der Waals surface area contributed by atoms with Crippen LogP contribution in [0.2, 0.25) is 0 Å². The van der Waals surface area contributed by atoms with Crippen molar-refractivity contribution in [2.45, 2.75) is 53.1 Å². The molecule has 30 heavy (non-hydrogen) atoms. The smallest absolute Gasteiger partial charge is 0.291 e. The summed E-state index contributed by atoms with van der Waals surface area (Å²) >= 11 is 0. The van der Waals surface area contributed by atoms with Gasteiger partial charge in [-0.2, -0.15) is 5.10 Å². The van der Waals surface area contributed by atoms with E-state index in [1.807, 2.05) is 62.4 Å². The van der Waals surface area contributed by atoms with Crippen LogP contribution in [0.4, 0.5) is 0 Å². The SMILES string of the molecule is CCc1nn([C@H](CC)C(=O)NCc2ccccc2C)c(=O)c2cc3oc(C)cc3n12. The van der Waals surface area contributed by atoms with Gasteiger partial charge in [0.25, 0.3) is 5.56 Å². The number of hydrogen-bond acceptors (Lipinski definition) is 4. The second kappa shape index (κ2) is 7.82. The van der Waals surface area contributed by atoms with Gasteiger partial charge in [0.1, 0.15) is 23.1 Å². The Morgan fingerprint density at radius 1 is 1.17 bits per heavy atom. The molecule has 0 fully saturated rings. The quantitative estimate of drug-likeness (QED) is 0.529. The minimum absolute atomic E-state index is 0.215. The monoisotopic (exact) mass is 406 g/mol. The Kier molecular flexibility index (Phi) is 5.20. The standard InChI is InChI=1S/C23H26N4O3/c1-5-17(22(28)24-13-16-10-8-7-9-14(16)3)27-23(29)19-12-20-18(11-15(4)30-20)26(19)21(6-2)25-27/h7-12,17H,5-6,13H2,1-4H3,(H,24,28)/t17-/m1/s1. The van der Waals surface area contributed by atoms with Gasteiger partial charge in [-0.15, -0.1) is 0 Å². The van der Waals surface area contributed by atoms with E-state index in [1.165, 1.54) is 4.68 Å². The van der Waals surface area contributed by atoms with Crippen molar-refractivity contribution in [2.24, 2.45) is 0 Å². The number of furan rings is 1. The maximum absolute atomic E-state index is 13.2. The Morgan fingerprint density at radius 2 is 1.93 bits per heavy atom. The van der Waals surface area contributed by atoms with E-state index >= 15 is 0 Å². The summed E-state index contributed by atoms with van der Waals surface area (Å²) in [5.41, 5.74) is 3.81. The first-order chi connectivity index (χ1) is 14.4. The minimum Gasteiger partial charge on any atom is -0.460 e. The van der Waals surface area contributed by atoms with Gasteiger partial charge in [-0.25, -0.2) is 4.68 Å². The van der Waals surface area contributed by atoms with Crippen LogP contribution in [0.15, 0.2) is 45.6 Å². The summed E-state index contributed by atoms with van der Waals surface area (Å²) in [6, 6.07) is 10.9. The highest BCUT2D eigenvalue weighted by Gasteiger charge is 2.24. The zero-order chi connectivity index (χ0) is 21.4. The lowest BCUT2D eigenvalue weighted by Crippen LogP contribution is -2.39. The molecule has 1 atom stereocenters. The molecule has 1 aromatic carbocycles. The molecule has 0 spiro atoms. The highest BCUT2D eigenvalue weighted by atomic mass is 16.3. The number of carbonyl (C=O) groups is 1. The van der Waals surface area contributed by atoms with E-state index < -0.39 is 6.04 Å². The molecule has 0 saturated carbocycles. The molecular formula is C23H26N4O3. The number of fused-ring (bicyclic) bond motifs is 3. The van der Waals surface area contributed by atoms with Crippen LogP contribution in [0.1, 0.15) is 49.0 Å². The Labute approximate surface area is 174 Å². The first-order valence-corrected chi connectivity index (χ1v) is 10.3. The molecular weight excluding hydrogens is 380 g/mol. The van der Waals surface area contributed by atoms with Gasteiger partial charge >= 0.3 is 0 Å². The molecule has 1 N–H and O–H groups in total. The predicted octanol–water partition coefficient (Wildman–Crippen LogP) is 3.69. The third-order valence-corrected chi connectivity index (χ3v) is 5.54. The fraction of sp³-hybridized carbons (Fsp3) is 0.348. The molecule has 0 saturated heterocycles. The van der Waals surface area contributed by atoms with Crippen LogP contribution in [-0.2, 0) is 17.8 Å². The maximum Gasteiger partial charge on any atom is 0.291 e. The molecule has 0 bridgehead atoms. The molecule has 4 rings (SSSR count). The highest BCUT2D eigenvalue weighted by Crippen LogP contribution is 2.24. The van der Waals surface area contributed by atoms with Crippen molar-refractivity contribution in [1.82, 2.24) is 19.5 Å². The van der Waals surface area contributed by atoms with Crippen LogP contribution >= 0.6 is 0 Å². The maximum atomic E-state index is 13.2. The number of amides is 1. The first-order valence-electron chi connectivity index (χ1n) is 10.3. The van der Waals surface area contributed by atoms with Crippen molar-refractivity contribution in [3.05, 3.63) is 69.5 Å². The van der Waals surface area contributed by atoms with Crippen molar-refractivity contribution < 1.29 is 9.21 Å². The average Bonchev–Trinajstić information content (AvgIpc) is 3.26. The lowest BCUT2D eigenvalue weighted by Gasteiger charge is -2.19. The molecule has 7 nitrogen and oxygen atoms in total. The summed E-state index contributed by atoms with van der Waals surface area (Å²) in [4.78, 5) is 26.2. The molecule has 3 aromatic heterocycles. The predicted molar refractivity (Wildman–Crippen MR) is 116 cm³/mol. The lowest BCUT2D eigenvalue weighted by molar-refractivity contribution is -0.125. The van der Waals surface area contributed by atoms with Crippen LogP contribution in [0.3, 0.4) is 0 Å². The number of hydrogen-bond donors (Lipinski definition) is 1. The highest BCUT2D eigenvalue weighted by molar-refractivity contribution is 5.84. The van der Waals surface area contributed by atoms with E-state index in [4.69, 9.17) is 4.42 Å². The molecule has 0 aliphatic rings. The molecule has 1 amide bonds. The zero-order valence-corrected chi connectivity index (χ0v) is 17.7. The molecule has 4 aromatic rings. The van der Waals surface area contributed by atoms with E-state index in [1.54, 1.807) is 6.07 Å². The number of benzene rings is 1. The Morgan fingerprint density at radius 3 is 2.63 bits per heavy atom. The summed E-state index contributed by atoms with van der Waals surface area (Å²) in [7, 11) is 0. The first kappa shape index (κ1) is 19.9. The molecule has 0 aliphatic heterocycles. The topological polar surface area (TPSA) is 81.5 Å². The third-order valence-electron chi connectivity index (χ3n) is 5.54. The van der Waals surface area contributed by atoms with Crippen LogP contribution in [0.5, 0.6) is 0 Å². The number of rotatable bonds is 6. The second-order valence-corrected chi connectivity index (χ2v) is 7.56. The van der Waals surface area contributed by atoms with Crippen LogP contribution in [-0.4, -0.2) is 20.1 Å². The molecule has 3 heterocycles. The van der Waals surface area contributed by atoms with E-state index in [0.717, 1.165) is 22.4 Å². The number of aryl methyl sites for hydroxylation is 3. The van der Waals surface area contributed by atoms with Gasteiger partial charge in [0, 0.05) is 25.1 Å². The largest absolute Gasteiger partial charge is 0.460 e. The lowest BCUT2D eigenvalue weighted by atomic mass is 10.1. The van der Waals surface area contributed by atoms with Crippen molar-refractivity contribution in [1.29, 1.82) is 0 Å². The van der Waals surface area contributed by atoms with E-state index in [9.17, 15) is 9.59 Å². The molecule has 156 valence electrons. The normalized spacial score (nSPS) is 12.5. The fourth-order valence-corrected chi connectivity index (χ4v) is 3.90. The summed E-state index contributed by atoms with van der Waals surface area (Å²) in [6.07, 6.45) is 1.08. The minimum atomic E-state index is -0.681. The zero-order valence-electron chi connectivity index (χ0n) is 17.7. The third kappa shape index (κ3) is 3.30. The van der Waals surface area contributed by atoms with Gasteiger partial charge in [-0.1, -0.05) is 38.1 Å². The Hall–Kier alpha value is -3.35. The van der Waals surface area contributed by atoms with Crippen molar-refractivity contribution in [3.8, 4) is 0 Å². The van der Waals surface area contributed by atoms with E-state index in [-0.39, 0.29) is 11.5 Å². The average molecular weight is 406 g/mol. The number of nitrogens with one attached hydrogen (secondary N) is 1. The van der Waals surface area contributed by atoms with Crippen LogP contribution < -0.4 is 10.9 Å². The molecule has 0 unspecified atom stereocenters.